The van der Waals surface area contributed by atoms with E-state index in [0.717, 1.165) is 19.5 Å². The molecule has 3 nitrogen and oxygen atoms in total. The van der Waals surface area contributed by atoms with Crippen molar-refractivity contribution in [1.29, 1.82) is 0 Å². The third kappa shape index (κ3) is 2.69. The van der Waals surface area contributed by atoms with Gasteiger partial charge in [0.05, 0.1) is 12.0 Å². The van der Waals surface area contributed by atoms with Crippen LogP contribution in [0.1, 0.15) is 27.2 Å². The van der Waals surface area contributed by atoms with Gasteiger partial charge in [0.1, 0.15) is 0 Å². The molecular weight excluding hydrogens is 166 g/mol. The van der Waals surface area contributed by atoms with Crippen molar-refractivity contribution in [2.24, 2.45) is 11.3 Å². The molecule has 1 atom stereocenters. The molecule has 1 N–H and O–H groups in total. The molecule has 0 radical (unpaired) electrons. The van der Waals surface area contributed by atoms with Crippen LogP contribution in [0.4, 0.5) is 0 Å². The molecular formula is C10H19NO2. The number of carbonyl (C=O) groups excluding carboxylic acids is 1. The molecule has 0 aromatic carbocycles. The van der Waals surface area contributed by atoms with Crippen LogP contribution in [0, 0.1) is 11.3 Å². The van der Waals surface area contributed by atoms with E-state index < -0.39 is 0 Å². The highest BCUT2D eigenvalue weighted by Crippen LogP contribution is 2.26. The molecule has 1 heterocycles. The molecule has 1 aliphatic heterocycles. The average molecular weight is 185 g/mol. The smallest absolute Gasteiger partial charge is 0.313 e. The summed E-state index contributed by atoms with van der Waals surface area (Å²) < 4.78 is 5.21. The molecule has 13 heavy (non-hydrogen) atoms. The lowest BCUT2D eigenvalue weighted by Crippen LogP contribution is -2.32. The highest BCUT2D eigenvalue weighted by atomic mass is 16.5. The lowest BCUT2D eigenvalue weighted by Gasteiger charge is -2.20. The molecule has 3 heteroatoms. The van der Waals surface area contributed by atoms with Gasteiger partial charge in [0.25, 0.3) is 0 Å². The minimum Gasteiger partial charge on any atom is -0.465 e. The van der Waals surface area contributed by atoms with Gasteiger partial charge in [-0.3, -0.25) is 4.79 Å². The normalized spacial score (nSPS) is 28.0. The van der Waals surface area contributed by atoms with Gasteiger partial charge in [-0.05, 0) is 25.8 Å². The van der Waals surface area contributed by atoms with Crippen LogP contribution in [0.2, 0.25) is 0 Å². The molecule has 0 saturated carbocycles. The SMILES string of the molecule is CC(C)COC(=O)C1(C)CCNC1. The fraction of sp³-hybridized carbons (Fsp3) is 0.900. The zero-order valence-electron chi connectivity index (χ0n) is 8.72. The molecule has 0 aliphatic carbocycles. The summed E-state index contributed by atoms with van der Waals surface area (Å²) in [6, 6.07) is 0. The van der Waals surface area contributed by atoms with Crippen molar-refractivity contribution >= 4 is 5.97 Å². The molecule has 1 aliphatic rings. The number of ether oxygens (including phenoxy) is 1. The van der Waals surface area contributed by atoms with Crippen LogP contribution in [0.3, 0.4) is 0 Å². The number of carbonyl (C=O) groups is 1. The van der Waals surface area contributed by atoms with Gasteiger partial charge < -0.3 is 10.1 Å². The van der Waals surface area contributed by atoms with Crippen molar-refractivity contribution < 1.29 is 9.53 Å². The summed E-state index contributed by atoms with van der Waals surface area (Å²) in [7, 11) is 0. The Morgan fingerprint density at radius 1 is 1.62 bits per heavy atom. The van der Waals surface area contributed by atoms with Crippen LogP contribution >= 0.6 is 0 Å². The summed E-state index contributed by atoms with van der Waals surface area (Å²) in [5, 5.41) is 3.18. The largest absolute Gasteiger partial charge is 0.465 e. The molecule has 1 fully saturated rings. The topological polar surface area (TPSA) is 38.3 Å². The van der Waals surface area contributed by atoms with Crippen LogP contribution < -0.4 is 5.32 Å². The molecule has 0 bridgehead atoms. The maximum atomic E-state index is 11.6. The molecule has 0 aromatic heterocycles. The first-order valence-corrected chi connectivity index (χ1v) is 4.92. The van der Waals surface area contributed by atoms with E-state index in [1.54, 1.807) is 0 Å². The summed E-state index contributed by atoms with van der Waals surface area (Å²) >= 11 is 0. The van der Waals surface area contributed by atoms with E-state index in [0.29, 0.717) is 12.5 Å². The minimum atomic E-state index is -0.283. The number of hydrogen-bond donors (Lipinski definition) is 1. The van der Waals surface area contributed by atoms with E-state index >= 15 is 0 Å². The van der Waals surface area contributed by atoms with Crippen molar-refractivity contribution in [2.75, 3.05) is 19.7 Å². The van der Waals surface area contributed by atoms with Crippen LogP contribution in [-0.2, 0) is 9.53 Å². The van der Waals surface area contributed by atoms with E-state index in [9.17, 15) is 4.79 Å². The summed E-state index contributed by atoms with van der Waals surface area (Å²) in [6.45, 7) is 8.27. The summed E-state index contributed by atoms with van der Waals surface area (Å²) in [4.78, 5) is 11.6. The van der Waals surface area contributed by atoms with Crippen molar-refractivity contribution in [3.63, 3.8) is 0 Å². The van der Waals surface area contributed by atoms with Gasteiger partial charge in [-0.25, -0.2) is 0 Å². The maximum absolute atomic E-state index is 11.6. The van der Waals surface area contributed by atoms with E-state index in [1.807, 2.05) is 20.8 Å². The Morgan fingerprint density at radius 3 is 2.77 bits per heavy atom. The minimum absolute atomic E-state index is 0.0498. The fourth-order valence-corrected chi connectivity index (χ4v) is 1.41. The van der Waals surface area contributed by atoms with Gasteiger partial charge in [-0.15, -0.1) is 0 Å². The fourth-order valence-electron chi connectivity index (χ4n) is 1.41. The molecule has 76 valence electrons. The number of hydrogen-bond acceptors (Lipinski definition) is 3. The van der Waals surface area contributed by atoms with Gasteiger partial charge in [0.15, 0.2) is 0 Å². The summed E-state index contributed by atoms with van der Waals surface area (Å²) in [5.41, 5.74) is -0.283. The van der Waals surface area contributed by atoms with Gasteiger partial charge >= 0.3 is 5.97 Å². The number of rotatable bonds is 3. The second kappa shape index (κ2) is 4.09. The second-order valence-electron chi connectivity index (χ2n) is 4.48. The van der Waals surface area contributed by atoms with E-state index in [2.05, 4.69) is 5.32 Å². The van der Waals surface area contributed by atoms with Crippen molar-refractivity contribution in [3.05, 3.63) is 0 Å². The Labute approximate surface area is 79.8 Å². The van der Waals surface area contributed by atoms with Crippen LogP contribution in [0.15, 0.2) is 0 Å². The van der Waals surface area contributed by atoms with Gasteiger partial charge in [-0.2, -0.15) is 0 Å². The predicted octanol–water partition coefficient (Wildman–Crippen LogP) is 1.19. The average Bonchev–Trinajstić information content (AvgIpc) is 2.49. The number of nitrogens with one attached hydrogen (secondary N) is 1. The van der Waals surface area contributed by atoms with Crippen molar-refractivity contribution in [3.8, 4) is 0 Å². The molecule has 0 amide bonds. The second-order valence-corrected chi connectivity index (χ2v) is 4.48. The van der Waals surface area contributed by atoms with Crippen molar-refractivity contribution in [2.45, 2.75) is 27.2 Å². The first kappa shape index (κ1) is 10.5. The zero-order chi connectivity index (χ0) is 9.90. The lowest BCUT2D eigenvalue weighted by molar-refractivity contribution is -0.154. The van der Waals surface area contributed by atoms with E-state index in [1.165, 1.54) is 0 Å². The first-order chi connectivity index (χ1) is 6.04. The van der Waals surface area contributed by atoms with Crippen LogP contribution in [0.5, 0.6) is 0 Å². The Balaban J connectivity index is 2.38. The Morgan fingerprint density at radius 2 is 2.31 bits per heavy atom. The zero-order valence-corrected chi connectivity index (χ0v) is 8.72. The van der Waals surface area contributed by atoms with Crippen LogP contribution in [-0.4, -0.2) is 25.7 Å². The lowest BCUT2D eigenvalue weighted by atomic mass is 9.90. The molecule has 0 aromatic rings. The van der Waals surface area contributed by atoms with Gasteiger partial charge in [0.2, 0.25) is 0 Å². The van der Waals surface area contributed by atoms with E-state index in [4.69, 9.17) is 4.74 Å². The predicted molar refractivity (Wildman–Crippen MR) is 51.4 cm³/mol. The van der Waals surface area contributed by atoms with Gasteiger partial charge in [-0.1, -0.05) is 13.8 Å². The van der Waals surface area contributed by atoms with Gasteiger partial charge in [0, 0.05) is 6.54 Å². The van der Waals surface area contributed by atoms with E-state index in [-0.39, 0.29) is 11.4 Å². The van der Waals surface area contributed by atoms with Crippen molar-refractivity contribution in [1.82, 2.24) is 5.32 Å². The third-order valence-corrected chi connectivity index (χ3v) is 2.41. The molecule has 0 spiro atoms. The molecule has 1 unspecified atom stereocenters. The Kier molecular flexibility index (Phi) is 3.31. The standard InChI is InChI=1S/C10H19NO2/c1-8(2)6-13-9(12)10(3)4-5-11-7-10/h8,11H,4-7H2,1-3H3. The van der Waals surface area contributed by atoms with Crippen LogP contribution in [0.25, 0.3) is 0 Å². The Bertz CT molecular complexity index is 183. The summed E-state index contributed by atoms with van der Waals surface area (Å²) in [6.07, 6.45) is 0.893. The highest BCUT2D eigenvalue weighted by Gasteiger charge is 2.37. The molecule has 1 saturated heterocycles. The Hall–Kier alpha value is -0.570. The molecule has 1 rings (SSSR count). The monoisotopic (exact) mass is 185 g/mol. The third-order valence-electron chi connectivity index (χ3n) is 2.41. The first-order valence-electron chi connectivity index (χ1n) is 4.92. The highest BCUT2D eigenvalue weighted by molar-refractivity contribution is 5.77. The number of esters is 1. The summed E-state index contributed by atoms with van der Waals surface area (Å²) in [5.74, 6) is 0.369. The quantitative estimate of drug-likeness (QED) is 0.671. The maximum Gasteiger partial charge on any atom is 0.313 e.